The van der Waals surface area contributed by atoms with Gasteiger partial charge in [0.25, 0.3) is 5.91 Å². The van der Waals surface area contributed by atoms with E-state index >= 15 is 0 Å². The predicted molar refractivity (Wildman–Crippen MR) is 80.5 cm³/mol. The molecule has 0 saturated heterocycles. The van der Waals surface area contributed by atoms with Crippen molar-refractivity contribution in [3.8, 4) is 0 Å². The van der Waals surface area contributed by atoms with Crippen LogP contribution < -0.4 is 5.32 Å². The van der Waals surface area contributed by atoms with Crippen molar-refractivity contribution >= 4 is 17.2 Å². The number of carbonyl (C=O) groups excluding carboxylic acids is 1. The van der Waals surface area contributed by atoms with E-state index in [2.05, 4.69) is 38.9 Å². The van der Waals surface area contributed by atoms with Gasteiger partial charge in [-0.15, -0.1) is 21.5 Å². The smallest absolute Gasteiger partial charge is 0.263 e. The van der Waals surface area contributed by atoms with Gasteiger partial charge in [0.1, 0.15) is 10.7 Å². The van der Waals surface area contributed by atoms with E-state index in [1.807, 2.05) is 6.92 Å². The summed E-state index contributed by atoms with van der Waals surface area (Å²) >= 11 is 1.47. The average molecular weight is 305 g/mol. The van der Waals surface area contributed by atoms with Gasteiger partial charge in [0.2, 0.25) is 0 Å². The molecule has 1 aliphatic heterocycles. The molecule has 2 aromatic heterocycles. The van der Waals surface area contributed by atoms with Gasteiger partial charge < -0.3 is 9.88 Å². The molecule has 0 atom stereocenters. The molecule has 112 valence electrons. The summed E-state index contributed by atoms with van der Waals surface area (Å²) in [6.45, 7) is 7.41. The lowest BCUT2D eigenvalue weighted by Crippen LogP contribution is -2.24. The first-order valence-corrected chi connectivity index (χ1v) is 8.04. The number of hydrogen-bond donors (Lipinski definition) is 1. The molecule has 0 aromatic carbocycles. The van der Waals surface area contributed by atoms with Gasteiger partial charge in [-0.3, -0.25) is 4.79 Å². The first-order chi connectivity index (χ1) is 10.1. The Kier molecular flexibility index (Phi) is 3.75. The van der Waals surface area contributed by atoms with Crippen LogP contribution in [0.25, 0.3) is 0 Å². The second-order valence-electron chi connectivity index (χ2n) is 5.59. The van der Waals surface area contributed by atoms with E-state index in [9.17, 15) is 4.79 Å². The molecule has 21 heavy (non-hydrogen) atoms. The van der Waals surface area contributed by atoms with Crippen molar-refractivity contribution in [2.75, 3.05) is 0 Å². The van der Waals surface area contributed by atoms with E-state index in [4.69, 9.17) is 0 Å². The largest absolute Gasteiger partial charge is 0.344 e. The fourth-order valence-electron chi connectivity index (χ4n) is 2.46. The van der Waals surface area contributed by atoms with Gasteiger partial charge >= 0.3 is 0 Å². The van der Waals surface area contributed by atoms with Crippen LogP contribution in [0.15, 0.2) is 0 Å². The lowest BCUT2D eigenvalue weighted by atomic mass is 10.2. The average Bonchev–Trinajstić information content (AvgIpc) is 3.11. The van der Waals surface area contributed by atoms with Crippen LogP contribution >= 0.6 is 11.3 Å². The molecule has 6 nitrogen and oxygen atoms in total. The van der Waals surface area contributed by atoms with E-state index in [0.717, 1.165) is 41.7 Å². The predicted octanol–water partition coefficient (Wildman–Crippen LogP) is 2.04. The molecule has 0 bridgehead atoms. The molecule has 0 fully saturated rings. The minimum atomic E-state index is -0.0766. The van der Waals surface area contributed by atoms with Crippen molar-refractivity contribution in [3.63, 3.8) is 0 Å². The highest BCUT2D eigenvalue weighted by Gasteiger charge is 2.20. The zero-order valence-corrected chi connectivity index (χ0v) is 13.3. The Morgan fingerprint density at radius 3 is 2.95 bits per heavy atom. The number of hydrogen-bond acceptors (Lipinski definition) is 5. The zero-order chi connectivity index (χ0) is 15.0. The second-order valence-corrected chi connectivity index (χ2v) is 6.62. The van der Waals surface area contributed by atoms with Gasteiger partial charge in [0.15, 0.2) is 5.82 Å². The molecule has 7 heteroatoms. The van der Waals surface area contributed by atoms with Crippen molar-refractivity contribution < 1.29 is 4.79 Å². The summed E-state index contributed by atoms with van der Waals surface area (Å²) in [5.41, 5.74) is 0.799. The Hall–Kier alpha value is -1.76. The summed E-state index contributed by atoms with van der Waals surface area (Å²) in [5, 5.41) is 12.2. The lowest BCUT2D eigenvalue weighted by Gasteiger charge is -2.04. The van der Waals surface area contributed by atoms with Gasteiger partial charge in [0.05, 0.1) is 17.2 Å². The molecule has 1 aliphatic rings. The van der Waals surface area contributed by atoms with Gasteiger partial charge in [0, 0.05) is 18.9 Å². The molecule has 0 radical (unpaired) electrons. The summed E-state index contributed by atoms with van der Waals surface area (Å²) < 4.78 is 2.10. The minimum Gasteiger partial charge on any atom is -0.344 e. The summed E-state index contributed by atoms with van der Waals surface area (Å²) in [6.07, 6.45) is 2.09. The first kappa shape index (κ1) is 14.2. The second kappa shape index (κ2) is 5.55. The van der Waals surface area contributed by atoms with Gasteiger partial charge in [-0.05, 0) is 13.3 Å². The maximum Gasteiger partial charge on any atom is 0.263 e. The van der Waals surface area contributed by atoms with E-state index in [1.54, 1.807) is 0 Å². The highest BCUT2D eigenvalue weighted by atomic mass is 32.1. The number of aromatic nitrogens is 4. The molecule has 3 heterocycles. The fraction of sp³-hybridized carbons (Fsp3) is 0.571. The van der Waals surface area contributed by atoms with Crippen molar-refractivity contribution in [1.82, 2.24) is 25.1 Å². The molecular weight excluding hydrogens is 286 g/mol. The van der Waals surface area contributed by atoms with Crippen LogP contribution in [0.3, 0.4) is 0 Å². The summed E-state index contributed by atoms with van der Waals surface area (Å²) in [5.74, 6) is 2.12. The molecule has 0 saturated carbocycles. The van der Waals surface area contributed by atoms with Crippen LogP contribution in [-0.4, -0.2) is 25.7 Å². The number of thiazole rings is 1. The highest BCUT2D eigenvalue weighted by molar-refractivity contribution is 7.13. The number of fused-ring (bicyclic) bond motifs is 1. The van der Waals surface area contributed by atoms with Gasteiger partial charge in [-0.2, -0.15) is 0 Å². The van der Waals surface area contributed by atoms with Gasteiger partial charge in [-0.25, -0.2) is 4.98 Å². The molecule has 3 rings (SSSR count). The maximum absolute atomic E-state index is 12.3. The molecule has 0 aliphatic carbocycles. The van der Waals surface area contributed by atoms with Crippen molar-refractivity contribution in [1.29, 1.82) is 0 Å². The number of carbonyl (C=O) groups is 1. The SMILES string of the molecule is Cc1nc(C(C)C)sc1C(=O)NCc1nnc2n1CCC2. The number of nitrogens with one attached hydrogen (secondary N) is 1. The molecule has 1 N–H and O–H groups in total. The Morgan fingerprint density at radius 1 is 1.43 bits per heavy atom. The fourth-order valence-corrected chi connectivity index (χ4v) is 3.44. The number of amides is 1. The van der Waals surface area contributed by atoms with Crippen LogP contribution in [0.1, 0.15) is 58.2 Å². The number of nitrogens with zero attached hydrogens (tertiary/aromatic N) is 4. The van der Waals surface area contributed by atoms with E-state index in [1.165, 1.54) is 11.3 Å². The topological polar surface area (TPSA) is 72.7 Å². The van der Waals surface area contributed by atoms with E-state index in [0.29, 0.717) is 17.3 Å². The monoisotopic (exact) mass is 305 g/mol. The standard InChI is InChI=1S/C14H19N5OS/c1-8(2)14-16-9(3)12(21-14)13(20)15-7-11-18-17-10-5-4-6-19(10)11/h8H,4-7H2,1-3H3,(H,15,20). The highest BCUT2D eigenvalue weighted by Crippen LogP contribution is 2.24. The Balaban J connectivity index is 1.69. The molecular formula is C14H19N5OS. The summed E-state index contributed by atoms with van der Waals surface area (Å²) in [6, 6.07) is 0. The number of rotatable bonds is 4. The lowest BCUT2D eigenvalue weighted by molar-refractivity contribution is 0.0952. The molecule has 0 spiro atoms. The normalized spacial score (nSPS) is 13.7. The van der Waals surface area contributed by atoms with Crippen molar-refractivity contribution in [3.05, 3.63) is 27.2 Å². The van der Waals surface area contributed by atoms with E-state index in [-0.39, 0.29) is 5.91 Å². The summed E-state index contributed by atoms with van der Waals surface area (Å²) in [4.78, 5) is 17.5. The summed E-state index contributed by atoms with van der Waals surface area (Å²) in [7, 11) is 0. The van der Waals surface area contributed by atoms with Crippen molar-refractivity contribution in [2.45, 2.75) is 52.6 Å². The molecule has 0 unspecified atom stereocenters. The van der Waals surface area contributed by atoms with Crippen molar-refractivity contribution in [2.24, 2.45) is 0 Å². The van der Waals surface area contributed by atoms with Crippen LogP contribution in [0.4, 0.5) is 0 Å². The zero-order valence-electron chi connectivity index (χ0n) is 12.5. The Bertz CT molecular complexity index is 673. The quantitative estimate of drug-likeness (QED) is 0.938. The van der Waals surface area contributed by atoms with Crippen LogP contribution in [0.2, 0.25) is 0 Å². The minimum absolute atomic E-state index is 0.0766. The Morgan fingerprint density at radius 2 is 2.24 bits per heavy atom. The van der Waals surface area contributed by atoms with Crippen LogP contribution in [0.5, 0.6) is 0 Å². The molecule has 2 aromatic rings. The van der Waals surface area contributed by atoms with E-state index < -0.39 is 0 Å². The van der Waals surface area contributed by atoms with Crippen LogP contribution in [0, 0.1) is 6.92 Å². The third-order valence-electron chi connectivity index (χ3n) is 3.61. The third kappa shape index (κ3) is 2.70. The number of aryl methyl sites for hydroxylation is 2. The third-order valence-corrected chi connectivity index (χ3v) is 5.06. The molecule has 1 amide bonds. The Labute approximate surface area is 127 Å². The van der Waals surface area contributed by atoms with Crippen LogP contribution in [-0.2, 0) is 19.5 Å². The first-order valence-electron chi connectivity index (χ1n) is 7.22. The van der Waals surface area contributed by atoms with Gasteiger partial charge in [-0.1, -0.05) is 13.8 Å². The maximum atomic E-state index is 12.3.